The SMILES string of the molecule is C=CCOCc1cc(C)c(C(=O)NN)o1. The van der Waals surface area contributed by atoms with E-state index < -0.39 is 5.91 Å². The van der Waals surface area contributed by atoms with Crippen molar-refractivity contribution in [2.75, 3.05) is 6.61 Å². The van der Waals surface area contributed by atoms with Crippen molar-refractivity contribution in [1.29, 1.82) is 0 Å². The number of hydrazine groups is 1. The molecule has 82 valence electrons. The molecule has 0 unspecified atom stereocenters. The molecule has 5 nitrogen and oxygen atoms in total. The number of carbonyl (C=O) groups excluding carboxylic acids is 1. The number of aryl methyl sites for hydroxylation is 1. The number of furan rings is 1. The van der Waals surface area contributed by atoms with E-state index >= 15 is 0 Å². The molecule has 1 aromatic heterocycles. The lowest BCUT2D eigenvalue weighted by molar-refractivity contribution is 0.0911. The fourth-order valence-corrected chi connectivity index (χ4v) is 1.15. The van der Waals surface area contributed by atoms with Gasteiger partial charge in [0, 0.05) is 5.56 Å². The Bertz CT molecular complexity index is 358. The fraction of sp³-hybridized carbons (Fsp3) is 0.300. The smallest absolute Gasteiger partial charge is 0.301 e. The van der Waals surface area contributed by atoms with Crippen LogP contribution in [-0.2, 0) is 11.3 Å². The highest BCUT2D eigenvalue weighted by Gasteiger charge is 2.14. The van der Waals surface area contributed by atoms with Crippen molar-refractivity contribution in [3.05, 3.63) is 35.8 Å². The summed E-state index contributed by atoms with van der Waals surface area (Å²) in [6, 6.07) is 1.74. The van der Waals surface area contributed by atoms with Crippen LogP contribution in [0.2, 0.25) is 0 Å². The summed E-state index contributed by atoms with van der Waals surface area (Å²) < 4.78 is 10.4. The Kier molecular flexibility index (Phi) is 4.08. The molecular formula is C10H14N2O3. The maximum absolute atomic E-state index is 11.2. The highest BCUT2D eigenvalue weighted by molar-refractivity contribution is 5.92. The van der Waals surface area contributed by atoms with Crippen LogP contribution in [0.5, 0.6) is 0 Å². The Balaban J connectivity index is 2.68. The molecule has 0 atom stereocenters. The second-order valence-electron chi connectivity index (χ2n) is 3.00. The first-order valence-electron chi connectivity index (χ1n) is 4.48. The number of nitrogen functional groups attached to an aromatic ring is 1. The number of rotatable bonds is 5. The topological polar surface area (TPSA) is 77.5 Å². The molecule has 3 N–H and O–H groups in total. The molecular weight excluding hydrogens is 196 g/mol. The van der Waals surface area contributed by atoms with Crippen molar-refractivity contribution in [2.24, 2.45) is 5.84 Å². The third kappa shape index (κ3) is 2.93. The van der Waals surface area contributed by atoms with Gasteiger partial charge < -0.3 is 9.15 Å². The second-order valence-corrected chi connectivity index (χ2v) is 3.00. The molecule has 5 heteroatoms. The number of nitrogens with two attached hydrogens (primary N) is 1. The third-order valence-electron chi connectivity index (χ3n) is 1.79. The molecule has 0 saturated heterocycles. The lowest BCUT2D eigenvalue weighted by atomic mass is 10.2. The summed E-state index contributed by atoms with van der Waals surface area (Å²) in [5.74, 6) is 5.37. The summed E-state index contributed by atoms with van der Waals surface area (Å²) in [5.41, 5.74) is 2.74. The van der Waals surface area contributed by atoms with Crippen LogP contribution in [0.3, 0.4) is 0 Å². The molecule has 0 aliphatic carbocycles. The minimum absolute atomic E-state index is 0.217. The lowest BCUT2D eigenvalue weighted by Gasteiger charge is -1.97. The van der Waals surface area contributed by atoms with Gasteiger partial charge in [0.25, 0.3) is 0 Å². The van der Waals surface area contributed by atoms with E-state index in [0.717, 1.165) is 5.56 Å². The predicted octanol–water partition coefficient (Wildman–Crippen LogP) is 0.894. The summed E-state index contributed by atoms with van der Waals surface area (Å²) in [6.07, 6.45) is 1.64. The van der Waals surface area contributed by atoms with Gasteiger partial charge in [-0.1, -0.05) is 6.08 Å². The largest absolute Gasteiger partial charge is 0.453 e. The minimum atomic E-state index is -0.442. The molecule has 0 fully saturated rings. The lowest BCUT2D eigenvalue weighted by Crippen LogP contribution is -2.30. The standard InChI is InChI=1S/C10H14N2O3/c1-3-4-14-6-8-5-7(2)9(15-8)10(13)12-11/h3,5H,1,4,6,11H2,2H3,(H,12,13). The van der Waals surface area contributed by atoms with E-state index in [1.54, 1.807) is 19.1 Å². The Morgan fingerprint density at radius 2 is 2.53 bits per heavy atom. The average molecular weight is 210 g/mol. The van der Waals surface area contributed by atoms with E-state index in [2.05, 4.69) is 6.58 Å². The van der Waals surface area contributed by atoms with Gasteiger partial charge in [-0.15, -0.1) is 6.58 Å². The molecule has 0 radical (unpaired) electrons. The van der Waals surface area contributed by atoms with E-state index in [1.165, 1.54) is 0 Å². The van der Waals surface area contributed by atoms with E-state index in [4.69, 9.17) is 15.0 Å². The zero-order valence-electron chi connectivity index (χ0n) is 8.58. The highest BCUT2D eigenvalue weighted by Crippen LogP contribution is 2.15. The molecule has 0 spiro atoms. The summed E-state index contributed by atoms with van der Waals surface area (Å²) in [5, 5.41) is 0. The van der Waals surface area contributed by atoms with E-state index in [0.29, 0.717) is 19.0 Å². The molecule has 1 aromatic rings. The maximum atomic E-state index is 11.2. The van der Waals surface area contributed by atoms with Gasteiger partial charge in [0.05, 0.1) is 6.61 Å². The van der Waals surface area contributed by atoms with Crippen molar-refractivity contribution in [3.63, 3.8) is 0 Å². The number of carbonyl (C=O) groups is 1. The monoisotopic (exact) mass is 210 g/mol. The van der Waals surface area contributed by atoms with Crippen LogP contribution < -0.4 is 11.3 Å². The van der Waals surface area contributed by atoms with Crippen molar-refractivity contribution in [3.8, 4) is 0 Å². The molecule has 15 heavy (non-hydrogen) atoms. The van der Waals surface area contributed by atoms with Gasteiger partial charge in [0.2, 0.25) is 0 Å². The highest BCUT2D eigenvalue weighted by atomic mass is 16.5. The maximum Gasteiger partial charge on any atom is 0.301 e. The van der Waals surface area contributed by atoms with Crippen molar-refractivity contribution >= 4 is 5.91 Å². The molecule has 1 heterocycles. The average Bonchev–Trinajstić information content (AvgIpc) is 2.59. The Labute approximate surface area is 87.9 Å². The Hall–Kier alpha value is -1.59. The van der Waals surface area contributed by atoms with Crippen molar-refractivity contribution in [1.82, 2.24) is 5.43 Å². The first kappa shape index (κ1) is 11.5. The first-order valence-corrected chi connectivity index (χ1v) is 4.48. The van der Waals surface area contributed by atoms with Crippen molar-refractivity contribution < 1.29 is 13.9 Å². The molecule has 0 aliphatic heterocycles. The summed E-state index contributed by atoms with van der Waals surface area (Å²) in [4.78, 5) is 11.2. The van der Waals surface area contributed by atoms with Crippen LogP contribution in [0.4, 0.5) is 0 Å². The zero-order valence-corrected chi connectivity index (χ0v) is 8.58. The summed E-state index contributed by atoms with van der Waals surface area (Å²) in [6.45, 7) is 6.04. The summed E-state index contributed by atoms with van der Waals surface area (Å²) >= 11 is 0. The zero-order chi connectivity index (χ0) is 11.3. The second kappa shape index (κ2) is 5.33. The van der Waals surface area contributed by atoms with E-state index in [-0.39, 0.29) is 5.76 Å². The first-order chi connectivity index (χ1) is 7.19. The van der Waals surface area contributed by atoms with Gasteiger partial charge in [-0.2, -0.15) is 0 Å². The molecule has 1 rings (SSSR count). The number of nitrogens with one attached hydrogen (secondary N) is 1. The Morgan fingerprint density at radius 3 is 3.13 bits per heavy atom. The fourth-order valence-electron chi connectivity index (χ4n) is 1.15. The van der Waals surface area contributed by atoms with Crippen LogP contribution >= 0.6 is 0 Å². The molecule has 1 amide bonds. The van der Waals surface area contributed by atoms with Gasteiger partial charge >= 0.3 is 5.91 Å². The van der Waals surface area contributed by atoms with Crippen LogP contribution in [0, 0.1) is 6.92 Å². The van der Waals surface area contributed by atoms with Crippen LogP contribution in [0.25, 0.3) is 0 Å². The number of hydrogen-bond donors (Lipinski definition) is 2. The third-order valence-corrected chi connectivity index (χ3v) is 1.79. The summed E-state index contributed by atoms with van der Waals surface area (Å²) in [7, 11) is 0. The van der Waals surface area contributed by atoms with E-state index in [1.807, 2.05) is 5.43 Å². The van der Waals surface area contributed by atoms with Crippen molar-refractivity contribution in [2.45, 2.75) is 13.5 Å². The number of ether oxygens (including phenoxy) is 1. The van der Waals surface area contributed by atoms with Crippen LogP contribution in [0.1, 0.15) is 21.9 Å². The molecule has 0 aromatic carbocycles. The van der Waals surface area contributed by atoms with Crippen LogP contribution in [0.15, 0.2) is 23.1 Å². The molecule has 0 bridgehead atoms. The normalized spacial score (nSPS) is 10.0. The number of hydrogen-bond acceptors (Lipinski definition) is 4. The van der Waals surface area contributed by atoms with Gasteiger partial charge in [0.1, 0.15) is 12.4 Å². The van der Waals surface area contributed by atoms with Crippen LogP contribution in [-0.4, -0.2) is 12.5 Å². The van der Waals surface area contributed by atoms with Gasteiger partial charge in [0.15, 0.2) is 5.76 Å². The van der Waals surface area contributed by atoms with Gasteiger partial charge in [-0.3, -0.25) is 10.2 Å². The van der Waals surface area contributed by atoms with E-state index in [9.17, 15) is 4.79 Å². The predicted molar refractivity (Wildman–Crippen MR) is 55.0 cm³/mol. The molecule has 0 aliphatic rings. The minimum Gasteiger partial charge on any atom is -0.453 e. The Morgan fingerprint density at radius 1 is 1.80 bits per heavy atom. The number of amides is 1. The quantitative estimate of drug-likeness (QED) is 0.249. The molecule has 0 saturated carbocycles. The van der Waals surface area contributed by atoms with Gasteiger partial charge in [-0.25, -0.2) is 5.84 Å². The van der Waals surface area contributed by atoms with Gasteiger partial charge in [-0.05, 0) is 13.0 Å².